The summed E-state index contributed by atoms with van der Waals surface area (Å²) in [6.07, 6.45) is 8.23. The largest absolute Gasteiger partial charge is 0.371 e. The van der Waals surface area contributed by atoms with Crippen LogP contribution in [0.15, 0.2) is 73.1 Å². The number of carbonyl (C=O) groups excluding carboxylic acids is 2. The smallest absolute Gasteiger partial charge is 0.341 e. The molecule has 4 amide bonds. The van der Waals surface area contributed by atoms with Crippen molar-refractivity contribution < 1.29 is 19.1 Å². The monoisotopic (exact) mass is 988 g/mol. The number of hydrogen-bond donors (Lipinski definition) is 2. The lowest BCUT2D eigenvalue weighted by atomic mass is 10.1. The number of amides is 4. The van der Waals surface area contributed by atoms with Gasteiger partial charge in [-0.15, -0.1) is 0 Å². The zero-order valence-electron chi connectivity index (χ0n) is 42.0. The lowest BCUT2D eigenvalue weighted by Crippen LogP contribution is -2.56. The minimum absolute atomic E-state index is 0.128. The highest BCUT2D eigenvalue weighted by Gasteiger charge is 2.39. The van der Waals surface area contributed by atoms with Crippen molar-refractivity contribution in [1.29, 1.82) is 0 Å². The van der Waals surface area contributed by atoms with E-state index in [1.54, 1.807) is 18.3 Å². The standard InChI is InChI=1S/C52H61N17O4/c1-6-66-48-41(43(60-66)34-9-8-22-55-27-34)46(64-28-37-18-19-38(29-64)72-37)56-44(58-48)32-10-14-35(15-11-32)68(51(70)53-3)69(52(71)54-4)36-16-12-33(13-17-36)45-57-47(65-30-39-20-21-40(31-65)73-39)42-49(59-45)67(7-2)61-50(42)63-25-23-62(5)24-26-63/h8-17,22,27,37-40H,6-7,18-21,23-26,28-31H2,1-5H3,(H,53,70)(H,54,71). The second kappa shape index (κ2) is 19.2. The molecule has 0 saturated carbocycles. The van der Waals surface area contributed by atoms with E-state index >= 15 is 0 Å². The molecule has 378 valence electrons. The molecule has 5 aliphatic rings. The van der Waals surface area contributed by atoms with Crippen molar-refractivity contribution in [3.63, 3.8) is 0 Å². The number of pyridine rings is 1. The lowest BCUT2D eigenvalue weighted by molar-refractivity contribution is 0.0301. The molecule has 4 bridgehead atoms. The first-order chi connectivity index (χ1) is 35.7. The number of urea groups is 2. The van der Waals surface area contributed by atoms with E-state index in [-0.39, 0.29) is 24.4 Å². The zero-order valence-corrected chi connectivity index (χ0v) is 42.0. The van der Waals surface area contributed by atoms with Crippen LogP contribution in [0.2, 0.25) is 0 Å². The summed E-state index contributed by atoms with van der Waals surface area (Å²) < 4.78 is 16.4. The third kappa shape index (κ3) is 8.47. The van der Waals surface area contributed by atoms with Gasteiger partial charge in [-0.3, -0.25) is 4.98 Å². The average Bonchev–Trinajstić information content (AvgIpc) is 4.20. The SMILES string of the molecule is CCn1nc(-c2cccnc2)c2c(N3CC4CCC(C3)O4)nc(-c3ccc(N(C(=O)NC)N(C(=O)NC)c4ccc(-c5nc(N6CC7CCC(C6)O7)c6c(N7CCN(C)CC7)nn(CC)c6n5)cc4)cc3)nc21. The summed E-state index contributed by atoms with van der Waals surface area (Å²) in [6, 6.07) is 17.6. The highest BCUT2D eigenvalue weighted by atomic mass is 16.5. The van der Waals surface area contributed by atoms with Crippen molar-refractivity contribution in [3.05, 3.63) is 73.1 Å². The second-order valence-electron chi connectivity index (χ2n) is 19.5. The van der Waals surface area contributed by atoms with Gasteiger partial charge in [-0.2, -0.15) is 20.2 Å². The fraction of sp³-hybridized carbons (Fsp3) is 0.442. The predicted molar refractivity (Wildman–Crippen MR) is 280 cm³/mol. The van der Waals surface area contributed by atoms with Gasteiger partial charge in [0, 0.05) is 109 Å². The van der Waals surface area contributed by atoms with Crippen molar-refractivity contribution in [2.45, 2.75) is 77.0 Å². The molecule has 0 aliphatic carbocycles. The highest BCUT2D eigenvalue weighted by molar-refractivity contribution is 6.06. The van der Waals surface area contributed by atoms with Crippen LogP contribution in [0.1, 0.15) is 39.5 Å². The van der Waals surface area contributed by atoms with Gasteiger partial charge in [0.2, 0.25) is 0 Å². The van der Waals surface area contributed by atoms with Crippen LogP contribution in [0.5, 0.6) is 0 Å². The summed E-state index contributed by atoms with van der Waals surface area (Å²) in [5.41, 5.74) is 5.50. The Morgan fingerprint density at radius 3 is 1.53 bits per heavy atom. The Hall–Kier alpha value is -7.49. The Bertz CT molecular complexity index is 3150. The van der Waals surface area contributed by atoms with Gasteiger partial charge in [0.25, 0.3) is 0 Å². The van der Waals surface area contributed by atoms with Crippen molar-refractivity contribution in [2.75, 3.05) is 98.2 Å². The summed E-state index contributed by atoms with van der Waals surface area (Å²) in [5.74, 6) is 3.62. The number of carbonyl (C=O) groups is 2. The zero-order chi connectivity index (χ0) is 49.9. The number of aryl methyl sites for hydroxylation is 2. The van der Waals surface area contributed by atoms with Crippen molar-refractivity contribution in [2.24, 2.45) is 0 Å². The molecule has 10 heterocycles. The van der Waals surface area contributed by atoms with E-state index in [4.69, 9.17) is 39.6 Å². The molecule has 5 aliphatic heterocycles. The lowest BCUT2D eigenvalue weighted by Gasteiger charge is -2.35. The minimum Gasteiger partial charge on any atom is -0.371 e. The van der Waals surface area contributed by atoms with Crippen LogP contribution in [0.3, 0.4) is 0 Å². The minimum atomic E-state index is -0.529. The number of anilines is 5. The number of nitrogens with one attached hydrogen (secondary N) is 2. The van der Waals surface area contributed by atoms with E-state index in [9.17, 15) is 9.59 Å². The summed E-state index contributed by atoms with van der Waals surface area (Å²) in [4.78, 5) is 62.9. The predicted octanol–water partition coefficient (Wildman–Crippen LogP) is 5.80. The molecule has 0 spiro atoms. The summed E-state index contributed by atoms with van der Waals surface area (Å²) in [7, 11) is 5.23. The summed E-state index contributed by atoms with van der Waals surface area (Å²) in [5, 5.41) is 20.2. The maximum absolute atomic E-state index is 14.1. The normalized spacial score (nSPS) is 20.8. The van der Waals surface area contributed by atoms with Gasteiger partial charge in [-0.25, -0.2) is 38.9 Å². The van der Waals surface area contributed by atoms with Crippen molar-refractivity contribution in [1.82, 2.24) is 60.0 Å². The molecule has 4 unspecified atom stereocenters. The summed E-state index contributed by atoms with van der Waals surface area (Å²) >= 11 is 0. The van der Waals surface area contributed by atoms with Crippen LogP contribution in [-0.4, -0.2) is 159 Å². The Labute approximate surface area is 423 Å². The van der Waals surface area contributed by atoms with Gasteiger partial charge in [0.15, 0.2) is 28.8 Å². The molecular formula is C52H61N17O4. The number of piperazine rings is 1. The van der Waals surface area contributed by atoms with Gasteiger partial charge in [-0.05, 0) is 107 Å². The summed E-state index contributed by atoms with van der Waals surface area (Å²) in [6.45, 7) is 11.9. The fourth-order valence-electron chi connectivity index (χ4n) is 11.1. The number of benzene rings is 2. The van der Waals surface area contributed by atoms with Crippen LogP contribution in [0.25, 0.3) is 56.1 Å². The van der Waals surface area contributed by atoms with E-state index < -0.39 is 12.1 Å². The molecule has 4 atom stereocenters. The van der Waals surface area contributed by atoms with Gasteiger partial charge < -0.3 is 39.7 Å². The van der Waals surface area contributed by atoms with Crippen LogP contribution < -0.4 is 35.4 Å². The van der Waals surface area contributed by atoms with Crippen molar-refractivity contribution >= 4 is 63.0 Å². The van der Waals surface area contributed by atoms with E-state index in [1.807, 2.05) is 64.1 Å². The Morgan fingerprint density at radius 2 is 1.07 bits per heavy atom. The first kappa shape index (κ1) is 46.6. The first-order valence-electron chi connectivity index (χ1n) is 25.6. The van der Waals surface area contributed by atoms with Crippen LogP contribution in [0.4, 0.5) is 38.4 Å². The number of ether oxygens (including phenoxy) is 2. The van der Waals surface area contributed by atoms with E-state index in [2.05, 4.69) is 56.1 Å². The molecule has 5 saturated heterocycles. The average molecular weight is 988 g/mol. The Balaban J connectivity index is 0.897. The Morgan fingerprint density at radius 1 is 0.589 bits per heavy atom. The van der Waals surface area contributed by atoms with E-state index in [1.165, 1.54) is 24.1 Å². The maximum Gasteiger partial charge on any atom is 0.341 e. The first-order valence-corrected chi connectivity index (χ1v) is 25.6. The number of rotatable bonds is 10. The number of nitrogens with zero attached hydrogens (tertiary/aromatic N) is 15. The van der Waals surface area contributed by atoms with Crippen LogP contribution in [0, 0.1) is 0 Å². The van der Waals surface area contributed by atoms with Crippen LogP contribution in [-0.2, 0) is 22.6 Å². The fourth-order valence-corrected chi connectivity index (χ4v) is 11.1. The van der Waals surface area contributed by atoms with E-state index in [0.29, 0.717) is 54.8 Å². The number of hydrazine groups is 1. The third-order valence-electron chi connectivity index (χ3n) is 14.9. The van der Waals surface area contributed by atoms with E-state index in [0.717, 1.165) is 121 Å². The van der Waals surface area contributed by atoms with Crippen molar-refractivity contribution in [3.8, 4) is 34.0 Å². The number of likely N-dealkylation sites (N-methyl/N-ethyl adjacent to an activating group) is 1. The molecule has 73 heavy (non-hydrogen) atoms. The number of aromatic nitrogens is 9. The molecule has 12 rings (SSSR count). The quantitative estimate of drug-likeness (QED) is 0.156. The van der Waals surface area contributed by atoms with Gasteiger partial charge in [-0.1, -0.05) is 0 Å². The highest BCUT2D eigenvalue weighted by Crippen LogP contribution is 2.41. The molecule has 7 aromatic rings. The van der Waals surface area contributed by atoms with Gasteiger partial charge in [0.05, 0.1) is 41.2 Å². The molecule has 5 fully saturated rings. The molecule has 2 N–H and O–H groups in total. The number of hydrogen-bond acceptors (Lipinski definition) is 15. The maximum atomic E-state index is 14.1. The number of fused-ring (bicyclic) bond motifs is 6. The Kier molecular flexibility index (Phi) is 12.2. The second-order valence-corrected chi connectivity index (χ2v) is 19.5. The molecule has 21 heteroatoms. The molecule has 2 aromatic carbocycles. The topological polar surface area (TPSA) is 196 Å². The van der Waals surface area contributed by atoms with Gasteiger partial charge in [0.1, 0.15) is 22.7 Å². The third-order valence-corrected chi connectivity index (χ3v) is 14.9. The van der Waals surface area contributed by atoms with Crippen LogP contribution >= 0.6 is 0 Å². The molecule has 5 aromatic heterocycles. The van der Waals surface area contributed by atoms with Gasteiger partial charge >= 0.3 is 12.1 Å². The number of morpholine rings is 2. The molecule has 0 radical (unpaired) electrons. The molecular weight excluding hydrogens is 927 g/mol. The molecule has 21 nitrogen and oxygen atoms in total.